The van der Waals surface area contributed by atoms with Crippen molar-refractivity contribution < 1.29 is 13.2 Å². The maximum Gasteiger partial charge on any atom is 0.222 e. The number of nitrogens with one attached hydrogen (secondary N) is 1. The molecule has 0 aromatic carbocycles. The Kier molecular flexibility index (Phi) is 4.44. The topological polar surface area (TPSA) is 107 Å². The van der Waals surface area contributed by atoms with Crippen LogP contribution in [0.4, 0.5) is 5.95 Å². The van der Waals surface area contributed by atoms with Gasteiger partial charge in [0.15, 0.2) is 5.75 Å². The van der Waals surface area contributed by atoms with Crippen LogP contribution in [0.15, 0.2) is 12.4 Å². The Morgan fingerprint density at radius 3 is 2.56 bits per heavy atom. The molecule has 1 heterocycles. The third-order valence-corrected chi connectivity index (χ3v) is 2.61. The standard InChI is InChI=1S/C8H14N4O3S/c1-15-7-5-11-8(12-6-7)10-3-2-4-16(9,13)14/h5-6H,2-4H2,1H3,(H2,9,13,14)(H,10,11,12). The van der Waals surface area contributed by atoms with Crippen molar-refractivity contribution in [3.63, 3.8) is 0 Å². The molecule has 3 N–H and O–H groups in total. The number of anilines is 1. The maximum absolute atomic E-state index is 10.6. The molecule has 0 aliphatic rings. The second-order valence-corrected chi connectivity index (χ2v) is 4.83. The van der Waals surface area contributed by atoms with E-state index in [4.69, 9.17) is 9.88 Å². The predicted molar refractivity (Wildman–Crippen MR) is 59.7 cm³/mol. The smallest absolute Gasteiger partial charge is 0.222 e. The molecular weight excluding hydrogens is 232 g/mol. The summed E-state index contributed by atoms with van der Waals surface area (Å²) in [5.74, 6) is 0.932. The molecule has 1 aromatic heterocycles. The van der Waals surface area contributed by atoms with Crippen molar-refractivity contribution in [2.45, 2.75) is 6.42 Å². The third-order valence-electron chi connectivity index (χ3n) is 1.75. The third kappa shape index (κ3) is 4.89. The molecule has 0 saturated heterocycles. The first-order valence-corrected chi connectivity index (χ1v) is 6.33. The summed E-state index contributed by atoms with van der Waals surface area (Å²) in [6, 6.07) is 0. The van der Waals surface area contributed by atoms with E-state index in [1.54, 1.807) is 0 Å². The van der Waals surface area contributed by atoms with Gasteiger partial charge < -0.3 is 10.1 Å². The summed E-state index contributed by atoms with van der Waals surface area (Å²) in [4.78, 5) is 7.91. The second kappa shape index (κ2) is 5.61. The number of sulfonamides is 1. The first-order chi connectivity index (χ1) is 7.51. The Morgan fingerprint density at radius 2 is 2.06 bits per heavy atom. The van der Waals surface area contributed by atoms with Crippen molar-refractivity contribution in [3.05, 3.63) is 12.4 Å². The van der Waals surface area contributed by atoms with Crippen LogP contribution in [-0.4, -0.2) is 37.8 Å². The summed E-state index contributed by atoms with van der Waals surface area (Å²) in [6.07, 6.45) is 3.46. The van der Waals surface area contributed by atoms with Crippen LogP contribution in [0.5, 0.6) is 5.75 Å². The van der Waals surface area contributed by atoms with Gasteiger partial charge in [-0.25, -0.2) is 23.5 Å². The van der Waals surface area contributed by atoms with Gasteiger partial charge in [-0.3, -0.25) is 0 Å². The minimum Gasteiger partial charge on any atom is -0.494 e. The Hall–Kier alpha value is -1.41. The van der Waals surface area contributed by atoms with Gasteiger partial charge in [-0.2, -0.15) is 0 Å². The van der Waals surface area contributed by atoms with E-state index in [9.17, 15) is 8.42 Å². The molecule has 0 fully saturated rings. The van der Waals surface area contributed by atoms with Crippen molar-refractivity contribution in [3.8, 4) is 5.75 Å². The molecule has 0 saturated carbocycles. The minimum atomic E-state index is -3.39. The van der Waals surface area contributed by atoms with Crippen molar-refractivity contribution >= 4 is 16.0 Å². The van der Waals surface area contributed by atoms with Crippen LogP contribution in [0.1, 0.15) is 6.42 Å². The molecular formula is C8H14N4O3S. The highest BCUT2D eigenvalue weighted by Gasteiger charge is 2.02. The van der Waals surface area contributed by atoms with E-state index < -0.39 is 10.0 Å². The molecule has 16 heavy (non-hydrogen) atoms. The zero-order valence-electron chi connectivity index (χ0n) is 8.88. The van der Waals surface area contributed by atoms with Gasteiger partial charge in [0, 0.05) is 6.54 Å². The van der Waals surface area contributed by atoms with Crippen LogP contribution in [0, 0.1) is 0 Å². The quantitative estimate of drug-likeness (QED) is 0.660. The van der Waals surface area contributed by atoms with Gasteiger partial charge in [0.2, 0.25) is 16.0 Å². The molecule has 7 nitrogen and oxygen atoms in total. The first-order valence-electron chi connectivity index (χ1n) is 4.61. The van der Waals surface area contributed by atoms with Crippen molar-refractivity contribution in [2.75, 3.05) is 24.7 Å². The number of hydrogen-bond donors (Lipinski definition) is 2. The summed E-state index contributed by atoms with van der Waals surface area (Å²) in [6.45, 7) is 0.447. The Balaban J connectivity index is 2.32. The van der Waals surface area contributed by atoms with E-state index in [0.717, 1.165) is 0 Å². The summed E-state index contributed by atoms with van der Waals surface area (Å²) in [7, 11) is -1.86. The molecule has 8 heteroatoms. The highest BCUT2D eigenvalue weighted by atomic mass is 32.2. The fourth-order valence-corrected chi connectivity index (χ4v) is 1.53. The lowest BCUT2D eigenvalue weighted by molar-refractivity contribution is 0.411. The van der Waals surface area contributed by atoms with Gasteiger partial charge in [0.25, 0.3) is 0 Å². The number of nitrogens with zero attached hydrogens (tertiary/aromatic N) is 2. The highest BCUT2D eigenvalue weighted by Crippen LogP contribution is 2.06. The van der Waals surface area contributed by atoms with Crippen LogP contribution in [0.25, 0.3) is 0 Å². The van der Waals surface area contributed by atoms with Crippen molar-refractivity contribution in [1.29, 1.82) is 0 Å². The molecule has 0 atom stereocenters. The molecule has 1 rings (SSSR count). The van der Waals surface area contributed by atoms with Gasteiger partial charge in [-0.15, -0.1) is 0 Å². The number of hydrogen-bond acceptors (Lipinski definition) is 6. The number of methoxy groups -OCH3 is 1. The van der Waals surface area contributed by atoms with E-state index in [1.807, 2.05) is 0 Å². The average molecular weight is 246 g/mol. The van der Waals surface area contributed by atoms with E-state index in [1.165, 1.54) is 19.5 Å². The lowest BCUT2D eigenvalue weighted by Gasteiger charge is -2.04. The Morgan fingerprint density at radius 1 is 1.44 bits per heavy atom. The molecule has 0 aliphatic heterocycles. The number of rotatable bonds is 6. The van der Waals surface area contributed by atoms with Crippen LogP contribution >= 0.6 is 0 Å². The normalized spacial score (nSPS) is 11.1. The largest absolute Gasteiger partial charge is 0.494 e. The van der Waals surface area contributed by atoms with Gasteiger partial charge in [-0.05, 0) is 6.42 Å². The molecule has 0 radical (unpaired) electrons. The monoisotopic (exact) mass is 246 g/mol. The second-order valence-electron chi connectivity index (χ2n) is 3.09. The van der Waals surface area contributed by atoms with Crippen LogP contribution in [0.2, 0.25) is 0 Å². The van der Waals surface area contributed by atoms with Crippen LogP contribution in [-0.2, 0) is 10.0 Å². The summed E-state index contributed by atoms with van der Waals surface area (Å²) < 4.78 is 26.1. The molecule has 0 unspecified atom stereocenters. The van der Waals surface area contributed by atoms with E-state index in [0.29, 0.717) is 24.7 Å². The van der Waals surface area contributed by atoms with Gasteiger partial charge in [0.1, 0.15) is 0 Å². The van der Waals surface area contributed by atoms with Crippen molar-refractivity contribution in [2.24, 2.45) is 5.14 Å². The molecule has 90 valence electrons. The van der Waals surface area contributed by atoms with E-state index >= 15 is 0 Å². The van der Waals surface area contributed by atoms with Gasteiger partial charge >= 0.3 is 0 Å². The molecule has 0 spiro atoms. The van der Waals surface area contributed by atoms with Crippen LogP contribution < -0.4 is 15.2 Å². The molecule has 1 aromatic rings. The fourth-order valence-electron chi connectivity index (χ4n) is 0.986. The lowest BCUT2D eigenvalue weighted by atomic mass is 10.5. The zero-order valence-corrected chi connectivity index (χ0v) is 9.70. The van der Waals surface area contributed by atoms with Crippen LogP contribution in [0.3, 0.4) is 0 Å². The summed E-state index contributed by atoms with van der Waals surface area (Å²) in [5.41, 5.74) is 0. The zero-order chi connectivity index (χ0) is 12.0. The summed E-state index contributed by atoms with van der Waals surface area (Å²) in [5, 5.41) is 7.72. The first kappa shape index (κ1) is 12.7. The van der Waals surface area contributed by atoms with E-state index in [2.05, 4.69) is 15.3 Å². The molecule has 0 bridgehead atoms. The van der Waals surface area contributed by atoms with Gasteiger partial charge in [0.05, 0.1) is 25.3 Å². The Bertz CT molecular complexity index is 417. The SMILES string of the molecule is COc1cnc(NCCCS(N)(=O)=O)nc1. The van der Waals surface area contributed by atoms with Crippen molar-refractivity contribution in [1.82, 2.24) is 9.97 Å². The number of nitrogens with two attached hydrogens (primary N) is 1. The maximum atomic E-state index is 10.6. The predicted octanol–water partition coefficient (Wildman–Crippen LogP) is -0.424. The number of ether oxygens (including phenoxy) is 1. The average Bonchev–Trinajstić information content (AvgIpc) is 2.24. The Labute approximate surface area is 94.1 Å². The lowest BCUT2D eigenvalue weighted by Crippen LogP contribution is -2.19. The highest BCUT2D eigenvalue weighted by molar-refractivity contribution is 7.89. The van der Waals surface area contributed by atoms with Gasteiger partial charge in [-0.1, -0.05) is 0 Å². The number of primary sulfonamides is 1. The number of aromatic nitrogens is 2. The fraction of sp³-hybridized carbons (Fsp3) is 0.500. The van der Waals surface area contributed by atoms with E-state index in [-0.39, 0.29) is 5.75 Å². The minimum absolute atomic E-state index is 0.0594. The summed E-state index contributed by atoms with van der Waals surface area (Å²) >= 11 is 0. The molecule has 0 aliphatic carbocycles. The molecule has 0 amide bonds.